The van der Waals surface area contributed by atoms with Crippen LogP contribution in [0.2, 0.25) is 0 Å². The summed E-state index contributed by atoms with van der Waals surface area (Å²) < 4.78 is 48.4. The van der Waals surface area contributed by atoms with Crippen molar-refractivity contribution < 1.29 is 27.4 Å². The molecule has 0 radical (unpaired) electrons. The average molecular weight is 548 g/mol. The number of rotatable bonds is 8. The third-order valence-corrected chi connectivity index (χ3v) is 7.71. The van der Waals surface area contributed by atoms with Gasteiger partial charge in [0.05, 0.1) is 5.69 Å². The van der Waals surface area contributed by atoms with Gasteiger partial charge in [-0.3, -0.25) is 4.79 Å². The molecular formula is C31H28F3N3O3. The summed E-state index contributed by atoms with van der Waals surface area (Å²) in [7, 11) is 0. The minimum absolute atomic E-state index is 0.178. The summed E-state index contributed by atoms with van der Waals surface area (Å²) in [6, 6.07) is 21.3. The molecule has 2 aliphatic rings. The fourth-order valence-corrected chi connectivity index (χ4v) is 5.61. The van der Waals surface area contributed by atoms with Crippen molar-refractivity contribution in [3.8, 4) is 28.6 Å². The van der Waals surface area contributed by atoms with E-state index in [1.807, 2.05) is 42.5 Å². The number of para-hydroxylation sites is 1. The van der Waals surface area contributed by atoms with Gasteiger partial charge in [-0.15, -0.1) is 18.3 Å². The Morgan fingerprint density at radius 1 is 0.950 bits per heavy atom. The fraction of sp³-hybridized carbons (Fsp3) is 0.323. The number of alkyl halides is 3. The number of benzene rings is 3. The highest BCUT2D eigenvalue weighted by Crippen LogP contribution is 2.50. The SMILES string of the molecule is O=C(CC1CC1c1ccc(-c2ncn(-c3ccc(OC(F)(F)F)cc3)n2)cc1)Oc1ccccc1C1CCCC1. The maximum atomic E-state index is 12.7. The van der Waals surface area contributed by atoms with E-state index in [-0.39, 0.29) is 17.6 Å². The van der Waals surface area contributed by atoms with Crippen molar-refractivity contribution in [2.24, 2.45) is 5.92 Å². The second kappa shape index (κ2) is 10.8. The highest BCUT2D eigenvalue weighted by molar-refractivity contribution is 5.74. The van der Waals surface area contributed by atoms with Crippen LogP contribution in [0.25, 0.3) is 17.1 Å². The lowest BCUT2D eigenvalue weighted by Crippen LogP contribution is -2.17. The molecule has 4 aromatic rings. The topological polar surface area (TPSA) is 66.2 Å². The van der Waals surface area contributed by atoms with E-state index in [4.69, 9.17) is 4.74 Å². The Morgan fingerprint density at radius 3 is 2.40 bits per heavy atom. The number of carbonyl (C=O) groups excluding carboxylic acids is 1. The van der Waals surface area contributed by atoms with Gasteiger partial charge in [0.15, 0.2) is 5.82 Å². The van der Waals surface area contributed by atoms with Crippen molar-refractivity contribution in [2.45, 2.75) is 56.7 Å². The lowest BCUT2D eigenvalue weighted by Gasteiger charge is -2.15. The average Bonchev–Trinajstić information content (AvgIpc) is 3.31. The lowest BCUT2D eigenvalue weighted by atomic mass is 9.97. The van der Waals surface area contributed by atoms with Crippen LogP contribution in [0.5, 0.6) is 11.5 Å². The van der Waals surface area contributed by atoms with Crippen molar-refractivity contribution in [1.29, 1.82) is 0 Å². The summed E-state index contributed by atoms with van der Waals surface area (Å²) in [6.45, 7) is 0. The number of aromatic nitrogens is 3. The predicted molar refractivity (Wildman–Crippen MR) is 142 cm³/mol. The summed E-state index contributed by atoms with van der Waals surface area (Å²) in [5.74, 6) is 1.79. The summed E-state index contributed by atoms with van der Waals surface area (Å²) in [5, 5.41) is 4.46. The largest absolute Gasteiger partial charge is 0.573 e. The Hall–Kier alpha value is -4.14. The van der Waals surface area contributed by atoms with Gasteiger partial charge in [0, 0.05) is 12.0 Å². The summed E-state index contributed by atoms with van der Waals surface area (Å²) in [5.41, 5.74) is 3.69. The number of nitrogens with zero attached hydrogens (tertiary/aromatic N) is 3. The van der Waals surface area contributed by atoms with Gasteiger partial charge in [0.2, 0.25) is 0 Å². The molecule has 1 heterocycles. The molecular weight excluding hydrogens is 519 g/mol. The number of hydrogen-bond acceptors (Lipinski definition) is 5. The second-order valence-corrected chi connectivity index (χ2v) is 10.5. The van der Waals surface area contributed by atoms with Crippen LogP contribution in [0.4, 0.5) is 13.2 Å². The molecule has 2 fully saturated rings. The maximum absolute atomic E-state index is 12.7. The molecule has 6 rings (SSSR count). The molecule has 0 bridgehead atoms. The van der Waals surface area contributed by atoms with E-state index in [9.17, 15) is 18.0 Å². The van der Waals surface area contributed by atoms with Gasteiger partial charge in [-0.2, -0.15) is 0 Å². The third-order valence-electron chi connectivity index (χ3n) is 7.71. The van der Waals surface area contributed by atoms with E-state index in [1.165, 1.54) is 48.1 Å². The number of hydrogen-bond donors (Lipinski definition) is 0. The van der Waals surface area contributed by atoms with Gasteiger partial charge < -0.3 is 9.47 Å². The van der Waals surface area contributed by atoms with Crippen LogP contribution in [0, 0.1) is 5.92 Å². The molecule has 0 aliphatic heterocycles. The number of carbonyl (C=O) groups is 1. The molecule has 1 aromatic heterocycles. The highest BCUT2D eigenvalue weighted by Gasteiger charge is 2.40. The molecule has 3 aromatic carbocycles. The molecule has 0 spiro atoms. The van der Waals surface area contributed by atoms with E-state index >= 15 is 0 Å². The minimum atomic E-state index is -4.74. The zero-order chi connectivity index (χ0) is 27.7. The third kappa shape index (κ3) is 6.03. The quantitative estimate of drug-likeness (QED) is 0.168. The first-order valence-electron chi connectivity index (χ1n) is 13.5. The van der Waals surface area contributed by atoms with Crippen molar-refractivity contribution in [3.63, 3.8) is 0 Å². The monoisotopic (exact) mass is 547 g/mol. The standard InChI is InChI=1S/C31H28F3N3O3/c32-31(33,34)40-25-15-13-24(14-16-25)37-19-35-30(36-37)22-11-9-21(10-12-22)27-17-23(27)18-29(38)39-28-8-4-3-7-26(28)20-5-1-2-6-20/h3-4,7-16,19-20,23,27H,1-2,5-6,17-18H2. The predicted octanol–water partition coefficient (Wildman–Crippen LogP) is 7.59. The summed E-state index contributed by atoms with van der Waals surface area (Å²) in [6.07, 6.45) is 2.87. The Balaban J connectivity index is 1.04. The van der Waals surface area contributed by atoms with Crippen LogP contribution < -0.4 is 9.47 Å². The Labute approximate surface area is 229 Å². The first-order chi connectivity index (χ1) is 19.3. The number of halogens is 3. The van der Waals surface area contributed by atoms with Crippen molar-refractivity contribution in [2.75, 3.05) is 0 Å². The molecule has 9 heteroatoms. The Morgan fingerprint density at radius 2 is 1.68 bits per heavy atom. The van der Waals surface area contributed by atoms with E-state index < -0.39 is 6.36 Å². The molecule has 2 atom stereocenters. The van der Waals surface area contributed by atoms with Gasteiger partial charge in [-0.05, 0) is 78.5 Å². The highest BCUT2D eigenvalue weighted by atomic mass is 19.4. The fourth-order valence-electron chi connectivity index (χ4n) is 5.61. The van der Waals surface area contributed by atoms with E-state index in [0.717, 1.165) is 36.0 Å². The normalized spacial score (nSPS) is 19.0. The molecule has 0 N–H and O–H groups in total. The first-order valence-corrected chi connectivity index (χ1v) is 13.5. The zero-order valence-electron chi connectivity index (χ0n) is 21.7. The van der Waals surface area contributed by atoms with Gasteiger partial charge in [-0.1, -0.05) is 55.3 Å². The van der Waals surface area contributed by atoms with Gasteiger partial charge in [0.25, 0.3) is 0 Å². The van der Waals surface area contributed by atoms with Gasteiger partial charge in [0.1, 0.15) is 17.8 Å². The van der Waals surface area contributed by atoms with Gasteiger partial charge >= 0.3 is 12.3 Å². The summed E-state index contributed by atoms with van der Waals surface area (Å²) >= 11 is 0. The molecule has 0 amide bonds. The van der Waals surface area contributed by atoms with Gasteiger partial charge in [-0.25, -0.2) is 9.67 Å². The smallest absolute Gasteiger partial charge is 0.426 e. The Kier molecular flexibility index (Phi) is 7.04. The van der Waals surface area contributed by atoms with Crippen LogP contribution >= 0.6 is 0 Å². The van der Waals surface area contributed by atoms with Crippen LogP contribution in [-0.2, 0) is 4.79 Å². The molecule has 206 valence electrons. The maximum Gasteiger partial charge on any atom is 0.573 e. The van der Waals surface area contributed by atoms with Crippen LogP contribution in [-0.4, -0.2) is 27.1 Å². The number of ether oxygens (including phenoxy) is 2. The minimum Gasteiger partial charge on any atom is -0.426 e. The lowest BCUT2D eigenvalue weighted by molar-refractivity contribution is -0.274. The van der Waals surface area contributed by atoms with Crippen LogP contribution in [0.1, 0.15) is 61.5 Å². The molecule has 6 nitrogen and oxygen atoms in total. The molecule has 40 heavy (non-hydrogen) atoms. The molecule has 2 saturated carbocycles. The van der Waals surface area contributed by atoms with Crippen LogP contribution in [0.3, 0.4) is 0 Å². The summed E-state index contributed by atoms with van der Waals surface area (Å²) in [4.78, 5) is 17.1. The molecule has 2 aliphatic carbocycles. The van der Waals surface area contributed by atoms with E-state index in [2.05, 4.69) is 20.9 Å². The second-order valence-electron chi connectivity index (χ2n) is 10.5. The van der Waals surface area contributed by atoms with Crippen molar-refractivity contribution in [1.82, 2.24) is 14.8 Å². The van der Waals surface area contributed by atoms with Crippen molar-refractivity contribution in [3.05, 3.63) is 90.3 Å². The Bertz CT molecular complexity index is 1480. The molecule has 0 saturated heterocycles. The zero-order valence-corrected chi connectivity index (χ0v) is 21.7. The van der Waals surface area contributed by atoms with E-state index in [0.29, 0.717) is 35.5 Å². The number of esters is 1. The van der Waals surface area contributed by atoms with Crippen molar-refractivity contribution >= 4 is 5.97 Å². The van der Waals surface area contributed by atoms with E-state index in [1.54, 1.807) is 0 Å². The van der Waals surface area contributed by atoms with Crippen LogP contribution in [0.15, 0.2) is 79.1 Å². The molecule has 2 unspecified atom stereocenters. The first kappa shape index (κ1) is 26.1.